The number of rotatable bonds is 5. The van der Waals surface area contributed by atoms with Crippen LogP contribution in [0.5, 0.6) is 0 Å². The molecule has 1 N–H and O–H groups in total. The Bertz CT molecular complexity index is 635. The van der Waals surface area contributed by atoms with Crippen molar-refractivity contribution >= 4 is 11.7 Å². The van der Waals surface area contributed by atoms with Crippen molar-refractivity contribution in [3.63, 3.8) is 0 Å². The lowest BCUT2D eigenvalue weighted by atomic mass is 9.89. The first-order valence-electron chi connectivity index (χ1n) is 7.03. The van der Waals surface area contributed by atoms with E-state index in [9.17, 15) is 9.90 Å². The van der Waals surface area contributed by atoms with Crippen molar-refractivity contribution in [1.29, 1.82) is 0 Å². The number of aliphatic carboxylic acids is 1. The van der Waals surface area contributed by atoms with Crippen molar-refractivity contribution < 1.29 is 9.90 Å². The first-order valence-corrected chi connectivity index (χ1v) is 7.03. The van der Waals surface area contributed by atoms with E-state index in [1.54, 1.807) is 0 Å². The molecule has 0 radical (unpaired) electrons. The second kappa shape index (κ2) is 6.44. The van der Waals surface area contributed by atoms with Crippen LogP contribution in [-0.4, -0.2) is 25.2 Å². The number of carboxylic acid groups (broad SMARTS) is 1. The van der Waals surface area contributed by atoms with Crippen LogP contribution in [0.25, 0.3) is 0 Å². The Balaban J connectivity index is 2.31. The Morgan fingerprint density at radius 2 is 1.86 bits per heavy atom. The summed E-state index contributed by atoms with van der Waals surface area (Å²) >= 11 is 0. The van der Waals surface area contributed by atoms with Gasteiger partial charge in [-0.3, -0.25) is 4.79 Å². The molecule has 2 aromatic carbocycles. The number of carbonyl (C=O) groups is 1. The van der Waals surface area contributed by atoms with Crippen molar-refractivity contribution in [3.05, 3.63) is 65.2 Å². The number of aryl methyl sites for hydroxylation is 1. The zero-order valence-electron chi connectivity index (χ0n) is 12.7. The van der Waals surface area contributed by atoms with Crippen LogP contribution in [0.15, 0.2) is 48.5 Å². The van der Waals surface area contributed by atoms with Crippen LogP contribution in [0.2, 0.25) is 0 Å². The number of nitrogens with zero attached hydrogens (tertiary/aromatic N) is 1. The zero-order valence-corrected chi connectivity index (χ0v) is 12.7. The summed E-state index contributed by atoms with van der Waals surface area (Å²) in [5.41, 5.74) is 4.03. The van der Waals surface area contributed by atoms with Crippen molar-refractivity contribution in [1.82, 2.24) is 0 Å². The van der Waals surface area contributed by atoms with Gasteiger partial charge >= 0.3 is 5.97 Å². The normalized spacial score (nSPS) is 12.0. The van der Waals surface area contributed by atoms with Gasteiger partial charge in [0.25, 0.3) is 0 Å². The van der Waals surface area contributed by atoms with E-state index in [4.69, 9.17) is 0 Å². The molecular formula is C18H21NO2. The van der Waals surface area contributed by atoms with Crippen molar-refractivity contribution in [2.75, 3.05) is 19.0 Å². The molecule has 0 aromatic heterocycles. The SMILES string of the molecule is Cc1ccccc1C(Cc1cccc(N(C)C)c1)C(=O)O. The average Bonchev–Trinajstić information content (AvgIpc) is 2.45. The van der Waals surface area contributed by atoms with E-state index >= 15 is 0 Å². The highest BCUT2D eigenvalue weighted by molar-refractivity contribution is 5.77. The second-order valence-electron chi connectivity index (χ2n) is 5.52. The monoisotopic (exact) mass is 283 g/mol. The van der Waals surface area contributed by atoms with Gasteiger partial charge in [0.2, 0.25) is 0 Å². The molecule has 2 rings (SSSR count). The molecular weight excluding hydrogens is 262 g/mol. The first kappa shape index (κ1) is 15.1. The summed E-state index contributed by atoms with van der Waals surface area (Å²) in [5, 5.41) is 9.58. The van der Waals surface area contributed by atoms with E-state index in [-0.39, 0.29) is 0 Å². The largest absolute Gasteiger partial charge is 0.481 e. The highest BCUT2D eigenvalue weighted by atomic mass is 16.4. The van der Waals surface area contributed by atoms with Crippen molar-refractivity contribution in [2.45, 2.75) is 19.3 Å². The number of hydrogen-bond donors (Lipinski definition) is 1. The van der Waals surface area contributed by atoms with Gasteiger partial charge in [-0.05, 0) is 42.2 Å². The fraction of sp³-hybridized carbons (Fsp3) is 0.278. The minimum absolute atomic E-state index is 0.502. The third-order valence-electron chi connectivity index (χ3n) is 3.73. The molecule has 0 bridgehead atoms. The lowest BCUT2D eigenvalue weighted by Crippen LogP contribution is -2.16. The van der Waals surface area contributed by atoms with Crippen LogP contribution in [-0.2, 0) is 11.2 Å². The summed E-state index contributed by atoms with van der Waals surface area (Å²) in [6, 6.07) is 15.7. The summed E-state index contributed by atoms with van der Waals surface area (Å²) < 4.78 is 0. The smallest absolute Gasteiger partial charge is 0.311 e. The van der Waals surface area contributed by atoms with Crippen LogP contribution >= 0.6 is 0 Å². The van der Waals surface area contributed by atoms with Gasteiger partial charge in [-0.25, -0.2) is 0 Å². The molecule has 1 unspecified atom stereocenters. The Kier molecular flexibility index (Phi) is 4.63. The van der Waals surface area contributed by atoms with E-state index < -0.39 is 11.9 Å². The summed E-state index contributed by atoms with van der Waals surface area (Å²) in [7, 11) is 3.96. The van der Waals surface area contributed by atoms with Gasteiger partial charge in [-0.1, -0.05) is 36.4 Å². The predicted molar refractivity (Wildman–Crippen MR) is 86.0 cm³/mol. The molecule has 21 heavy (non-hydrogen) atoms. The van der Waals surface area contributed by atoms with Crippen LogP contribution in [0.1, 0.15) is 22.6 Å². The van der Waals surface area contributed by atoms with E-state index in [2.05, 4.69) is 0 Å². The lowest BCUT2D eigenvalue weighted by molar-refractivity contribution is -0.138. The van der Waals surface area contributed by atoms with Crippen LogP contribution in [0.4, 0.5) is 5.69 Å². The van der Waals surface area contributed by atoms with E-state index in [1.807, 2.05) is 74.4 Å². The van der Waals surface area contributed by atoms with Gasteiger partial charge in [0, 0.05) is 19.8 Å². The highest BCUT2D eigenvalue weighted by Crippen LogP contribution is 2.25. The average molecular weight is 283 g/mol. The molecule has 3 heteroatoms. The van der Waals surface area contributed by atoms with Gasteiger partial charge in [-0.15, -0.1) is 0 Å². The van der Waals surface area contributed by atoms with Gasteiger partial charge in [0.15, 0.2) is 0 Å². The molecule has 0 fully saturated rings. The molecule has 2 aromatic rings. The molecule has 0 amide bonds. The topological polar surface area (TPSA) is 40.5 Å². The number of benzene rings is 2. The molecule has 0 saturated carbocycles. The molecule has 0 saturated heterocycles. The van der Waals surface area contributed by atoms with Crippen molar-refractivity contribution in [2.24, 2.45) is 0 Å². The standard InChI is InChI=1S/C18H21NO2/c1-13-7-4-5-10-16(13)17(18(20)21)12-14-8-6-9-15(11-14)19(2)3/h4-11,17H,12H2,1-3H3,(H,20,21). The predicted octanol–water partition coefficient (Wildman–Crippen LogP) is 3.47. The Morgan fingerprint density at radius 3 is 2.48 bits per heavy atom. The lowest BCUT2D eigenvalue weighted by Gasteiger charge is -2.17. The minimum atomic E-state index is -0.778. The van der Waals surface area contributed by atoms with Gasteiger partial charge < -0.3 is 10.0 Å². The van der Waals surface area contributed by atoms with Crippen LogP contribution in [0, 0.1) is 6.92 Å². The van der Waals surface area contributed by atoms with E-state index in [0.717, 1.165) is 22.4 Å². The fourth-order valence-corrected chi connectivity index (χ4v) is 2.51. The second-order valence-corrected chi connectivity index (χ2v) is 5.52. The number of hydrogen-bond acceptors (Lipinski definition) is 2. The van der Waals surface area contributed by atoms with Crippen LogP contribution < -0.4 is 4.90 Å². The molecule has 1 atom stereocenters. The summed E-state index contributed by atoms with van der Waals surface area (Å²) in [4.78, 5) is 13.7. The maximum Gasteiger partial charge on any atom is 0.311 e. The van der Waals surface area contributed by atoms with Crippen molar-refractivity contribution in [3.8, 4) is 0 Å². The summed E-state index contributed by atoms with van der Waals surface area (Å²) in [6.07, 6.45) is 0.502. The summed E-state index contributed by atoms with van der Waals surface area (Å²) in [5.74, 6) is -1.29. The zero-order chi connectivity index (χ0) is 15.4. The highest BCUT2D eigenvalue weighted by Gasteiger charge is 2.21. The van der Waals surface area contributed by atoms with E-state index in [1.165, 1.54) is 0 Å². The molecule has 0 aliphatic rings. The van der Waals surface area contributed by atoms with Gasteiger partial charge in [0.05, 0.1) is 5.92 Å². The molecule has 0 spiro atoms. The first-order chi connectivity index (χ1) is 9.99. The summed E-state index contributed by atoms with van der Waals surface area (Å²) in [6.45, 7) is 1.96. The molecule has 0 aliphatic carbocycles. The van der Waals surface area contributed by atoms with E-state index in [0.29, 0.717) is 6.42 Å². The molecule has 0 heterocycles. The fourth-order valence-electron chi connectivity index (χ4n) is 2.51. The maximum atomic E-state index is 11.7. The van der Waals surface area contributed by atoms with Crippen LogP contribution in [0.3, 0.4) is 0 Å². The molecule has 0 aliphatic heterocycles. The number of anilines is 1. The maximum absolute atomic E-state index is 11.7. The number of carboxylic acids is 1. The molecule has 110 valence electrons. The minimum Gasteiger partial charge on any atom is -0.481 e. The third kappa shape index (κ3) is 3.63. The Hall–Kier alpha value is -2.29. The quantitative estimate of drug-likeness (QED) is 0.913. The molecule has 3 nitrogen and oxygen atoms in total. The van der Waals surface area contributed by atoms with Gasteiger partial charge in [-0.2, -0.15) is 0 Å². The Morgan fingerprint density at radius 1 is 1.14 bits per heavy atom. The third-order valence-corrected chi connectivity index (χ3v) is 3.73. The van der Waals surface area contributed by atoms with Gasteiger partial charge in [0.1, 0.15) is 0 Å². The Labute approximate surface area is 125 Å².